The molecule has 140 valence electrons. The van der Waals surface area contributed by atoms with Gasteiger partial charge in [0.2, 0.25) is 11.8 Å². The Bertz CT molecular complexity index is 712. The molecule has 1 aromatic rings. The molecule has 2 aliphatic heterocycles. The van der Waals surface area contributed by atoms with Crippen molar-refractivity contribution in [3.63, 3.8) is 0 Å². The Labute approximate surface area is 163 Å². The van der Waals surface area contributed by atoms with E-state index in [0.717, 1.165) is 15.8 Å². The second-order valence-electron chi connectivity index (χ2n) is 7.08. The van der Waals surface area contributed by atoms with Crippen LogP contribution >= 0.6 is 23.5 Å². The fourth-order valence-electron chi connectivity index (χ4n) is 3.22. The molecule has 0 radical (unpaired) electrons. The number of fused-ring (bicyclic) bond motifs is 1. The first kappa shape index (κ1) is 19.3. The van der Waals surface area contributed by atoms with Gasteiger partial charge in [0, 0.05) is 24.8 Å². The predicted octanol–water partition coefficient (Wildman–Crippen LogP) is 3.40. The van der Waals surface area contributed by atoms with Gasteiger partial charge in [-0.15, -0.1) is 0 Å². The minimum Gasteiger partial charge on any atom is -0.369 e. The average Bonchev–Trinajstić information content (AvgIpc) is 2.65. The molecule has 0 spiro atoms. The SMILES string of the molecule is CC(C)[C@@H](SC1=Nc2ccccc2CS1)C(=O)N1CCC(C(N)=O)CC1. The van der Waals surface area contributed by atoms with E-state index < -0.39 is 0 Å². The first-order chi connectivity index (χ1) is 12.5. The average molecular weight is 392 g/mol. The number of piperidine rings is 1. The number of aliphatic imine (C=N–C) groups is 1. The number of para-hydroxylation sites is 1. The van der Waals surface area contributed by atoms with Crippen molar-refractivity contribution in [2.24, 2.45) is 22.6 Å². The second-order valence-corrected chi connectivity index (χ2v) is 9.43. The number of amides is 2. The Kier molecular flexibility index (Phi) is 6.29. The van der Waals surface area contributed by atoms with E-state index in [9.17, 15) is 9.59 Å². The Morgan fingerprint density at radius 1 is 1.27 bits per heavy atom. The minimum absolute atomic E-state index is 0.0982. The molecule has 5 nitrogen and oxygen atoms in total. The molecule has 2 heterocycles. The maximum atomic E-state index is 13.1. The van der Waals surface area contributed by atoms with Crippen LogP contribution in [-0.4, -0.2) is 39.4 Å². The topological polar surface area (TPSA) is 75.8 Å². The predicted molar refractivity (Wildman–Crippen MR) is 110 cm³/mol. The number of hydrogen-bond acceptors (Lipinski definition) is 5. The van der Waals surface area contributed by atoms with Crippen LogP contribution in [0.3, 0.4) is 0 Å². The van der Waals surface area contributed by atoms with E-state index in [1.54, 1.807) is 23.5 Å². The molecule has 0 aromatic heterocycles. The quantitative estimate of drug-likeness (QED) is 0.853. The van der Waals surface area contributed by atoms with Crippen LogP contribution in [0.15, 0.2) is 29.3 Å². The lowest BCUT2D eigenvalue weighted by Gasteiger charge is -2.34. The van der Waals surface area contributed by atoms with Crippen molar-refractivity contribution in [3.8, 4) is 0 Å². The first-order valence-corrected chi connectivity index (χ1v) is 10.9. The number of benzene rings is 1. The number of nitrogens with two attached hydrogens (primary N) is 1. The summed E-state index contributed by atoms with van der Waals surface area (Å²) in [6, 6.07) is 8.15. The zero-order chi connectivity index (χ0) is 18.7. The van der Waals surface area contributed by atoms with Crippen LogP contribution < -0.4 is 5.73 Å². The Balaban J connectivity index is 1.67. The number of nitrogens with zero attached hydrogens (tertiary/aromatic N) is 2. The van der Waals surface area contributed by atoms with Crippen LogP contribution in [0.2, 0.25) is 0 Å². The zero-order valence-corrected chi connectivity index (χ0v) is 16.8. The number of thioether (sulfide) groups is 2. The molecule has 1 atom stereocenters. The summed E-state index contributed by atoms with van der Waals surface area (Å²) in [6.07, 6.45) is 1.33. The molecule has 1 aromatic carbocycles. The van der Waals surface area contributed by atoms with Gasteiger partial charge < -0.3 is 10.6 Å². The van der Waals surface area contributed by atoms with Gasteiger partial charge in [-0.2, -0.15) is 0 Å². The standard InChI is InChI=1S/C19H25N3O2S2/c1-12(2)16(18(24)22-9-7-13(8-10-22)17(20)23)26-19-21-15-6-4-3-5-14(15)11-25-19/h3-6,12-13,16H,7-11H2,1-2H3,(H2,20,23)/t16-/m1/s1. The van der Waals surface area contributed by atoms with Crippen LogP contribution in [0.4, 0.5) is 5.69 Å². The number of primary amides is 1. The van der Waals surface area contributed by atoms with Gasteiger partial charge in [-0.05, 0) is 30.4 Å². The maximum Gasteiger partial charge on any atom is 0.236 e. The molecular weight excluding hydrogens is 366 g/mol. The molecule has 7 heteroatoms. The van der Waals surface area contributed by atoms with Crippen LogP contribution in [0.25, 0.3) is 0 Å². The number of rotatable bonds is 4. The summed E-state index contributed by atoms with van der Waals surface area (Å²) in [5, 5.41) is -0.156. The lowest BCUT2D eigenvalue weighted by molar-refractivity contribution is -0.134. The lowest BCUT2D eigenvalue weighted by Crippen LogP contribution is -2.46. The Morgan fingerprint density at radius 2 is 1.96 bits per heavy atom. The van der Waals surface area contributed by atoms with E-state index in [1.165, 1.54) is 5.56 Å². The monoisotopic (exact) mass is 391 g/mol. The second kappa shape index (κ2) is 8.48. The van der Waals surface area contributed by atoms with Crippen LogP contribution in [0.1, 0.15) is 32.3 Å². The van der Waals surface area contributed by atoms with E-state index in [-0.39, 0.29) is 28.9 Å². The highest BCUT2D eigenvalue weighted by molar-refractivity contribution is 8.39. The molecule has 0 saturated carbocycles. The molecule has 2 N–H and O–H groups in total. The summed E-state index contributed by atoms with van der Waals surface area (Å²) in [7, 11) is 0. The molecule has 26 heavy (non-hydrogen) atoms. The summed E-state index contributed by atoms with van der Waals surface area (Å²) < 4.78 is 0.961. The van der Waals surface area contributed by atoms with Gasteiger partial charge in [0.1, 0.15) is 4.38 Å². The summed E-state index contributed by atoms with van der Waals surface area (Å²) in [5.41, 5.74) is 7.64. The van der Waals surface area contributed by atoms with Gasteiger partial charge >= 0.3 is 0 Å². The van der Waals surface area contributed by atoms with Gasteiger partial charge in [0.25, 0.3) is 0 Å². The minimum atomic E-state index is -0.251. The van der Waals surface area contributed by atoms with Crippen molar-refractivity contribution in [2.45, 2.75) is 37.7 Å². The maximum absolute atomic E-state index is 13.1. The molecule has 1 fully saturated rings. The first-order valence-electron chi connectivity index (χ1n) is 9.00. The molecule has 0 unspecified atom stereocenters. The van der Waals surface area contributed by atoms with E-state index >= 15 is 0 Å². The zero-order valence-electron chi connectivity index (χ0n) is 15.2. The molecule has 0 aliphatic carbocycles. The van der Waals surface area contributed by atoms with E-state index in [1.807, 2.05) is 23.1 Å². The summed E-state index contributed by atoms with van der Waals surface area (Å²) >= 11 is 3.28. The number of likely N-dealkylation sites (tertiary alicyclic amines) is 1. The highest BCUT2D eigenvalue weighted by Crippen LogP contribution is 2.38. The number of carbonyl (C=O) groups excluding carboxylic acids is 2. The van der Waals surface area contributed by atoms with Gasteiger partial charge in [-0.1, -0.05) is 55.6 Å². The fraction of sp³-hybridized carbons (Fsp3) is 0.526. The van der Waals surface area contributed by atoms with Crippen LogP contribution in [-0.2, 0) is 15.3 Å². The summed E-state index contributed by atoms with van der Waals surface area (Å²) in [6.45, 7) is 5.37. The van der Waals surface area contributed by atoms with Gasteiger partial charge in [0.15, 0.2) is 0 Å². The normalized spacial score (nSPS) is 19.0. The van der Waals surface area contributed by atoms with Crippen molar-refractivity contribution in [3.05, 3.63) is 29.8 Å². The van der Waals surface area contributed by atoms with Crippen molar-refractivity contribution < 1.29 is 9.59 Å². The lowest BCUT2D eigenvalue weighted by atomic mass is 9.95. The van der Waals surface area contributed by atoms with Gasteiger partial charge in [-0.25, -0.2) is 4.99 Å². The van der Waals surface area contributed by atoms with Gasteiger partial charge in [-0.3, -0.25) is 9.59 Å². The highest BCUT2D eigenvalue weighted by atomic mass is 32.2. The van der Waals surface area contributed by atoms with E-state index in [2.05, 4.69) is 19.9 Å². The van der Waals surface area contributed by atoms with Crippen LogP contribution in [0, 0.1) is 11.8 Å². The summed E-state index contributed by atoms with van der Waals surface area (Å²) in [5.74, 6) is 0.903. The number of hydrogen-bond donors (Lipinski definition) is 1. The summed E-state index contributed by atoms with van der Waals surface area (Å²) in [4.78, 5) is 31.0. The third-order valence-corrected chi connectivity index (χ3v) is 7.57. The fourth-order valence-corrected chi connectivity index (χ4v) is 5.55. The van der Waals surface area contributed by atoms with Gasteiger partial charge in [0.05, 0.1) is 10.9 Å². The number of carbonyl (C=O) groups is 2. The van der Waals surface area contributed by atoms with Crippen molar-refractivity contribution >= 4 is 45.4 Å². The molecule has 0 bridgehead atoms. The van der Waals surface area contributed by atoms with Crippen LogP contribution in [0.5, 0.6) is 0 Å². The van der Waals surface area contributed by atoms with Crippen molar-refractivity contribution in [2.75, 3.05) is 13.1 Å². The molecule has 2 aliphatic rings. The third-order valence-electron chi connectivity index (χ3n) is 4.84. The third kappa shape index (κ3) is 4.43. The van der Waals surface area contributed by atoms with E-state index in [0.29, 0.717) is 25.9 Å². The smallest absolute Gasteiger partial charge is 0.236 e. The van der Waals surface area contributed by atoms with Crippen molar-refractivity contribution in [1.29, 1.82) is 0 Å². The largest absolute Gasteiger partial charge is 0.369 e. The highest BCUT2D eigenvalue weighted by Gasteiger charge is 2.33. The van der Waals surface area contributed by atoms with E-state index in [4.69, 9.17) is 10.7 Å². The molecule has 1 saturated heterocycles. The molecule has 2 amide bonds. The Morgan fingerprint density at radius 3 is 2.62 bits per heavy atom. The van der Waals surface area contributed by atoms with Crippen molar-refractivity contribution in [1.82, 2.24) is 4.90 Å². The molecular formula is C19H25N3O2S2. The molecule has 3 rings (SSSR count). The Hall–Kier alpha value is -1.47.